The molecule has 33 heavy (non-hydrogen) atoms. The summed E-state index contributed by atoms with van der Waals surface area (Å²) in [5.41, 5.74) is 2.91. The molecule has 2 aromatic carbocycles. The summed E-state index contributed by atoms with van der Waals surface area (Å²) >= 11 is 0. The molecule has 0 spiro atoms. The molecular formula is C25H23N5O3. The zero-order valence-electron chi connectivity index (χ0n) is 18.1. The number of hydrogen-bond acceptors (Lipinski definition) is 7. The molecule has 1 aliphatic rings. The average Bonchev–Trinajstić information content (AvgIpc) is 2.82. The van der Waals surface area contributed by atoms with Gasteiger partial charge < -0.3 is 15.4 Å². The van der Waals surface area contributed by atoms with Gasteiger partial charge in [0.15, 0.2) is 0 Å². The van der Waals surface area contributed by atoms with E-state index in [0.717, 1.165) is 22.2 Å². The Kier molecular flexibility index (Phi) is 6.62. The van der Waals surface area contributed by atoms with E-state index in [1.807, 2.05) is 41.3 Å². The molecule has 166 valence electrons. The number of rotatable bonds is 6. The number of ether oxygens (including phenoxy) is 1. The number of benzene rings is 2. The predicted octanol–water partition coefficient (Wildman–Crippen LogP) is 3.10. The van der Waals surface area contributed by atoms with Crippen molar-refractivity contribution >= 4 is 40.0 Å². The molecule has 0 saturated carbocycles. The van der Waals surface area contributed by atoms with E-state index in [1.54, 1.807) is 19.1 Å². The Hall–Kier alpha value is -4.22. The number of carbonyl (C=O) groups excluding carboxylic acids is 2. The van der Waals surface area contributed by atoms with Gasteiger partial charge in [0.05, 0.1) is 5.52 Å². The van der Waals surface area contributed by atoms with E-state index in [4.69, 9.17) is 11.2 Å². The van der Waals surface area contributed by atoms with Crippen molar-refractivity contribution in [1.29, 1.82) is 0 Å². The smallest absolute Gasteiger partial charge is 0.323 e. The summed E-state index contributed by atoms with van der Waals surface area (Å²) in [6.07, 6.45) is 10.2. The summed E-state index contributed by atoms with van der Waals surface area (Å²) in [5.74, 6) is 2.70. The molecular weight excluding hydrogens is 418 g/mol. The highest BCUT2D eigenvalue weighted by Crippen LogP contribution is 2.26. The van der Waals surface area contributed by atoms with E-state index in [2.05, 4.69) is 26.5 Å². The fourth-order valence-electron chi connectivity index (χ4n) is 3.51. The fourth-order valence-corrected chi connectivity index (χ4v) is 3.51. The lowest BCUT2D eigenvalue weighted by Crippen LogP contribution is -2.47. The molecule has 1 atom stereocenters. The topological polar surface area (TPSA) is 96.4 Å². The molecule has 1 fully saturated rings. The van der Waals surface area contributed by atoms with Gasteiger partial charge in [0.2, 0.25) is 5.91 Å². The summed E-state index contributed by atoms with van der Waals surface area (Å²) in [6.45, 7) is 3.29. The minimum Gasteiger partial charge on any atom is -0.463 e. The number of esters is 1. The van der Waals surface area contributed by atoms with E-state index < -0.39 is 0 Å². The molecule has 0 radical (unpaired) electrons. The Bertz CT molecular complexity index is 1260. The van der Waals surface area contributed by atoms with Crippen LogP contribution in [0.1, 0.15) is 12.5 Å². The lowest BCUT2D eigenvalue weighted by Gasteiger charge is -2.30. The molecule has 0 aliphatic carbocycles. The summed E-state index contributed by atoms with van der Waals surface area (Å²) in [5, 5.41) is 6.87. The van der Waals surface area contributed by atoms with Gasteiger partial charge in [-0.05, 0) is 43.3 Å². The molecule has 1 aromatic heterocycles. The van der Waals surface area contributed by atoms with Crippen molar-refractivity contribution in [2.75, 3.05) is 30.3 Å². The monoisotopic (exact) mass is 441 g/mol. The van der Waals surface area contributed by atoms with Crippen LogP contribution in [0.4, 0.5) is 17.2 Å². The van der Waals surface area contributed by atoms with E-state index in [9.17, 15) is 9.59 Å². The van der Waals surface area contributed by atoms with Crippen LogP contribution in [0.5, 0.6) is 0 Å². The number of fused-ring (bicyclic) bond motifs is 1. The first kappa shape index (κ1) is 22.0. The van der Waals surface area contributed by atoms with Crippen molar-refractivity contribution in [3.8, 4) is 12.3 Å². The van der Waals surface area contributed by atoms with Gasteiger partial charge in [-0.3, -0.25) is 14.5 Å². The van der Waals surface area contributed by atoms with E-state index in [-0.39, 0.29) is 17.9 Å². The van der Waals surface area contributed by atoms with Gasteiger partial charge in [0, 0.05) is 41.5 Å². The van der Waals surface area contributed by atoms with Gasteiger partial charge in [-0.2, -0.15) is 0 Å². The number of anilines is 3. The quantitative estimate of drug-likeness (QED) is 0.345. The normalized spacial score (nSPS) is 16.4. The number of cyclic esters (lactones) is 1. The van der Waals surface area contributed by atoms with Crippen molar-refractivity contribution in [1.82, 2.24) is 14.9 Å². The van der Waals surface area contributed by atoms with Gasteiger partial charge >= 0.3 is 5.97 Å². The first-order valence-electron chi connectivity index (χ1n) is 10.5. The highest BCUT2D eigenvalue weighted by Gasteiger charge is 2.26. The molecule has 1 aliphatic heterocycles. The molecule has 8 nitrogen and oxygen atoms in total. The van der Waals surface area contributed by atoms with Gasteiger partial charge in [-0.15, -0.1) is 6.42 Å². The molecule has 8 heteroatoms. The third kappa shape index (κ3) is 5.34. The van der Waals surface area contributed by atoms with Crippen LogP contribution in [-0.2, 0) is 14.3 Å². The van der Waals surface area contributed by atoms with E-state index in [0.29, 0.717) is 31.2 Å². The van der Waals surface area contributed by atoms with Crippen molar-refractivity contribution in [3.05, 3.63) is 66.5 Å². The fraction of sp³-hybridized carbons (Fsp3) is 0.200. The summed E-state index contributed by atoms with van der Waals surface area (Å²) in [7, 11) is 0. The minimum absolute atomic E-state index is 0.243. The molecule has 4 rings (SSSR count). The predicted molar refractivity (Wildman–Crippen MR) is 127 cm³/mol. The van der Waals surface area contributed by atoms with Crippen LogP contribution in [-0.4, -0.2) is 52.5 Å². The third-order valence-electron chi connectivity index (χ3n) is 5.32. The Balaban J connectivity index is 1.46. The second-order valence-corrected chi connectivity index (χ2v) is 7.53. The zero-order chi connectivity index (χ0) is 23.2. The number of morpholine rings is 1. The minimum atomic E-state index is -0.320. The molecule has 1 saturated heterocycles. The average molecular weight is 441 g/mol. The van der Waals surface area contributed by atoms with Gasteiger partial charge in [-0.25, -0.2) is 9.97 Å². The largest absolute Gasteiger partial charge is 0.463 e. The SMILES string of the molecule is C#Cc1cccc(Nc2ncnc3ccc(NC(=O)C=CCN4CCOC(=O)[C@@H]4C)cc23)c1. The van der Waals surface area contributed by atoms with Crippen molar-refractivity contribution in [2.45, 2.75) is 13.0 Å². The van der Waals surface area contributed by atoms with Gasteiger partial charge in [0.25, 0.3) is 0 Å². The lowest BCUT2D eigenvalue weighted by atomic mass is 10.2. The molecule has 1 amide bonds. The standard InChI is InChI=1S/C25H23N5O3/c1-3-18-6-4-7-19(14-18)29-24-21-15-20(9-10-22(21)26-16-27-24)28-23(31)8-5-11-30-12-13-33-25(32)17(30)2/h1,4-10,14-17H,11-13H2,2H3,(H,28,31)(H,26,27,29)/t17-/m0/s1. The van der Waals surface area contributed by atoms with Crippen molar-refractivity contribution in [2.24, 2.45) is 0 Å². The zero-order valence-corrected chi connectivity index (χ0v) is 18.1. The highest BCUT2D eigenvalue weighted by atomic mass is 16.5. The number of aromatic nitrogens is 2. The number of terminal acetylenes is 1. The van der Waals surface area contributed by atoms with Crippen LogP contribution in [0, 0.1) is 12.3 Å². The Morgan fingerprint density at radius 3 is 3.00 bits per heavy atom. The molecule has 0 unspecified atom stereocenters. The maximum absolute atomic E-state index is 12.4. The Morgan fingerprint density at radius 1 is 1.27 bits per heavy atom. The van der Waals surface area contributed by atoms with Crippen LogP contribution in [0.3, 0.4) is 0 Å². The van der Waals surface area contributed by atoms with Crippen LogP contribution in [0.15, 0.2) is 60.9 Å². The van der Waals surface area contributed by atoms with E-state index in [1.165, 1.54) is 12.4 Å². The van der Waals surface area contributed by atoms with Crippen LogP contribution in [0.25, 0.3) is 10.9 Å². The Morgan fingerprint density at radius 2 is 2.15 bits per heavy atom. The number of carbonyl (C=O) groups is 2. The lowest BCUT2D eigenvalue weighted by molar-refractivity contribution is -0.155. The number of hydrogen-bond donors (Lipinski definition) is 2. The van der Waals surface area contributed by atoms with Crippen molar-refractivity contribution < 1.29 is 14.3 Å². The third-order valence-corrected chi connectivity index (χ3v) is 5.32. The van der Waals surface area contributed by atoms with Crippen LogP contribution < -0.4 is 10.6 Å². The number of amides is 1. The van der Waals surface area contributed by atoms with Gasteiger partial charge in [0.1, 0.15) is 24.8 Å². The second kappa shape index (κ2) is 9.94. The number of nitrogens with zero attached hydrogens (tertiary/aromatic N) is 3. The summed E-state index contributed by atoms with van der Waals surface area (Å²) in [4.78, 5) is 34.6. The highest BCUT2D eigenvalue weighted by molar-refractivity contribution is 6.01. The van der Waals surface area contributed by atoms with Crippen molar-refractivity contribution in [3.63, 3.8) is 0 Å². The first-order chi connectivity index (χ1) is 16.0. The Labute approximate surface area is 191 Å². The van der Waals surface area contributed by atoms with Crippen LogP contribution >= 0.6 is 0 Å². The second-order valence-electron chi connectivity index (χ2n) is 7.53. The molecule has 2 N–H and O–H groups in total. The number of nitrogens with one attached hydrogen (secondary N) is 2. The van der Waals surface area contributed by atoms with E-state index >= 15 is 0 Å². The van der Waals surface area contributed by atoms with Gasteiger partial charge in [-0.1, -0.05) is 18.1 Å². The summed E-state index contributed by atoms with van der Waals surface area (Å²) in [6, 6.07) is 12.6. The summed E-state index contributed by atoms with van der Waals surface area (Å²) < 4.78 is 5.01. The molecule has 2 heterocycles. The first-order valence-corrected chi connectivity index (χ1v) is 10.5. The maximum Gasteiger partial charge on any atom is 0.323 e. The maximum atomic E-state index is 12.4. The molecule has 0 bridgehead atoms. The molecule has 3 aromatic rings. The van der Waals surface area contributed by atoms with Crippen LogP contribution in [0.2, 0.25) is 0 Å².